The number of halogens is 1. The molecule has 2 rings (SSSR count). The summed E-state index contributed by atoms with van der Waals surface area (Å²) in [5, 5.41) is 12.9. The third-order valence-corrected chi connectivity index (χ3v) is 4.74. The van der Waals surface area contributed by atoms with Gasteiger partial charge in [0.15, 0.2) is 0 Å². The molecule has 0 radical (unpaired) electrons. The maximum Gasteiger partial charge on any atom is 0.240 e. The standard InChI is InChI=1S/C13H13ClN4O2S/c1-18-11(4-6-16-18)5-7-17-21(19,20)12-3-2-10(9-15)13(14)8-12/h2-4,6,8,17H,5,7H2,1H3. The smallest absolute Gasteiger partial charge is 0.240 e. The predicted octanol–water partition coefficient (Wildman–Crippen LogP) is 1.47. The van der Waals surface area contributed by atoms with Gasteiger partial charge in [0.05, 0.1) is 15.5 Å². The van der Waals surface area contributed by atoms with E-state index in [9.17, 15) is 8.42 Å². The first-order chi connectivity index (χ1) is 9.94. The normalized spacial score (nSPS) is 11.3. The van der Waals surface area contributed by atoms with Gasteiger partial charge in [-0.15, -0.1) is 0 Å². The molecule has 0 atom stereocenters. The van der Waals surface area contributed by atoms with Crippen molar-refractivity contribution in [2.24, 2.45) is 7.05 Å². The van der Waals surface area contributed by atoms with Crippen molar-refractivity contribution in [2.45, 2.75) is 11.3 Å². The van der Waals surface area contributed by atoms with Gasteiger partial charge in [0.1, 0.15) is 6.07 Å². The minimum Gasteiger partial charge on any atom is -0.273 e. The van der Waals surface area contributed by atoms with Crippen molar-refractivity contribution in [3.63, 3.8) is 0 Å². The number of sulfonamides is 1. The first-order valence-electron chi connectivity index (χ1n) is 6.10. The molecule has 6 nitrogen and oxygen atoms in total. The van der Waals surface area contributed by atoms with E-state index in [-0.39, 0.29) is 22.0 Å². The minimum atomic E-state index is -3.65. The van der Waals surface area contributed by atoms with E-state index >= 15 is 0 Å². The van der Waals surface area contributed by atoms with Gasteiger partial charge in [-0.25, -0.2) is 13.1 Å². The average molecular weight is 325 g/mol. The summed E-state index contributed by atoms with van der Waals surface area (Å²) in [5.41, 5.74) is 1.17. The van der Waals surface area contributed by atoms with Gasteiger partial charge in [-0.1, -0.05) is 11.6 Å². The SMILES string of the molecule is Cn1nccc1CCNS(=O)(=O)c1ccc(C#N)c(Cl)c1. The summed E-state index contributed by atoms with van der Waals surface area (Å²) < 4.78 is 28.4. The molecule has 0 amide bonds. The van der Waals surface area contributed by atoms with E-state index in [1.54, 1.807) is 17.9 Å². The Morgan fingerprint density at radius 3 is 2.76 bits per heavy atom. The van der Waals surface area contributed by atoms with Gasteiger partial charge in [-0.05, 0) is 24.3 Å². The van der Waals surface area contributed by atoms with Gasteiger partial charge in [0, 0.05) is 31.9 Å². The van der Waals surface area contributed by atoms with E-state index in [1.165, 1.54) is 18.2 Å². The van der Waals surface area contributed by atoms with Crippen LogP contribution in [-0.4, -0.2) is 24.7 Å². The molecule has 0 unspecified atom stereocenters. The highest BCUT2D eigenvalue weighted by Crippen LogP contribution is 2.20. The van der Waals surface area contributed by atoms with E-state index in [1.807, 2.05) is 12.1 Å². The molecular formula is C13H13ClN4O2S. The first kappa shape index (κ1) is 15.5. The minimum absolute atomic E-state index is 0.0384. The van der Waals surface area contributed by atoms with Crippen molar-refractivity contribution in [3.05, 3.63) is 46.7 Å². The van der Waals surface area contributed by atoms with Crippen LogP contribution in [0.25, 0.3) is 0 Å². The van der Waals surface area contributed by atoms with Crippen LogP contribution < -0.4 is 4.72 Å². The zero-order valence-corrected chi connectivity index (χ0v) is 12.8. The number of nitrogens with zero attached hydrogens (tertiary/aromatic N) is 3. The van der Waals surface area contributed by atoms with Crippen molar-refractivity contribution in [1.29, 1.82) is 5.26 Å². The van der Waals surface area contributed by atoms with E-state index < -0.39 is 10.0 Å². The fourth-order valence-corrected chi connectivity index (χ4v) is 3.14. The highest BCUT2D eigenvalue weighted by Gasteiger charge is 2.15. The Bertz CT molecular complexity index is 793. The summed E-state index contributed by atoms with van der Waals surface area (Å²) in [6, 6.07) is 7.73. The maximum atomic E-state index is 12.1. The van der Waals surface area contributed by atoms with Crippen molar-refractivity contribution in [3.8, 4) is 6.07 Å². The molecule has 21 heavy (non-hydrogen) atoms. The highest BCUT2D eigenvalue weighted by atomic mass is 35.5. The zero-order valence-electron chi connectivity index (χ0n) is 11.2. The number of aromatic nitrogens is 2. The lowest BCUT2D eigenvalue weighted by Gasteiger charge is -2.07. The monoisotopic (exact) mass is 324 g/mol. The van der Waals surface area contributed by atoms with E-state index in [0.29, 0.717) is 6.42 Å². The topological polar surface area (TPSA) is 87.8 Å². The Labute approximate surface area is 128 Å². The molecule has 110 valence electrons. The number of nitrogens with one attached hydrogen (secondary N) is 1. The van der Waals surface area contributed by atoms with Crippen LogP contribution in [-0.2, 0) is 23.5 Å². The molecule has 0 saturated heterocycles. The van der Waals surface area contributed by atoms with Crippen LogP contribution in [0.3, 0.4) is 0 Å². The summed E-state index contributed by atoms with van der Waals surface area (Å²) in [6.07, 6.45) is 2.18. The Hall–Kier alpha value is -1.88. The van der Waals surface area contributed by atoms with Crippen LogP contribution in [0.1, 0.15) is 11.3 Å². The average Bonchev–Trinajstić information content (AvgIpc) is 2.84. The number of rotatable bonds is 5. The lowest BCUT2D eigenvalue weighted by molar-refractivity contribution is 0.579. The molecule has 0 aliphatic heterocycles. The molecule has 8 heteroatoms. The summed E-state index contributed by atoms with van der Waals surface area (Å²) >= 11 is 5.85. The molecule has 1 heterocycles. The van der Waals surface area contributed by atoms with E-state index in [4.69, 9.17) is 16.9 Å². The molecule has 1 aromatic heterocycles. The van der Waals surface area contributed by atoms with Crippen molar-refractivity contribution in [1.82, 2.24) is 14.5 Å². The number of hydrogen-bond acceptors (Lipinski definition) is 4. The predicted molar refractivity (Wildman–Crippen MR) is 78.3 cm³/mol. The third kappa shape index (κ3) is 3.61. The third-order valence-electron chi connectivity index (χ3n) is 2.97. The van der Waals surface area contributed by atoms with Crippen LogP contribution >= 0.6 is 11.6 Å². The largest absolute Gasteiger partial charge is 0.273 e. The molecule has 0 spiro atoms. The van der Waals surface area contributed by atoms with Crippen LogP contribution in [0.2, 0.25) is 5.02 Å². The summed E-state index contributed by atoms with van der Waals surface area (Å²) in [7, 11) is -1.85. The highest BCUT2D eigenvalue weighted by molar-refractivity contribution is 7.89. The zero-order chi connectivity index (χ0) is 15.5. The Morgan fingerprint density at radius 2 is 2.19 bits per heavy atom. The summed E-state index contributed by atoms with van der Waals surface area (Å²) in [4.78, 5) is 0.0384. The van der Waals surface area contributed by atoms with Gasteiger partial charge in [-0.3, -0.25) is 4.68 Å². The van der Waals surface area contributed by atoms with Gasteiger partial charge in [0.25, 0.3) is 0 Å². The molecular weight excluding hydrogens is 312 g/mol. The Morgan fingerprint density at radius 1 is 1.43 bits per heavy atom. The second-order valence-corrected chi connectivity index (χ2v) is 6.52. The first-order valence-corrected chi connectivity index (χ1v) is 7.96. The molecule has 0 fully saturated rings. The Balaban J connectivity index is 2.07. The summed E-state index contributed by atoms with van der Waals surface area (Å²) in [5.74, 6) is 0. The van der Waals surface area contributed by atoms with Crippen LogP contribution in [0.15, 0.2) is 35.4 Å². The Kier molecular flexibility index (Phi) is 4.63. The molecule has 2 aromatic rings. The molecule has 0 aliphatic rings. The molecule has 1 aromatic carbocycles. The van der Waals surface area contributed by atoms with Crippen LogP contribution in [0, 0.1) is 11.3 Å². The fourth-order valence-electron chi connectivity index (χ4n) is 1.80. The van der Waals surface area contributed by atoms with Gasteiger partial charge >= 0.3 is 0 Å². The van der Waals surface area contributed by atoms with Crippen molar-refractivity contribution in [2.75, 3.05) is 6.54 Å². The number of aryl methyl sites for hydroxylation is 1. The van der Waals surface area contributed by atoms with Crippen LogP contribution in [0.5, 0.6) is 0 Å². The van der Waals surface area contributed by atoms with Gasteiger partial charge in [-0.2, -0.15) is 10.4 Å². The van der Waals surface area contributed by atoms with E-state index in [2.05, 4.69) is 9.82 Å². The number of benzene rings is 1. The second kappa shape index (κ2) is 6.26. The molecule has 0 aliphatic carbocycles. The lowest BCUT2D eigenvalue weighted by Crippen LogP contribution is -2.26. The molecule has 0 saturated carbocycles. The second-order valence-electron chi connectivity index (χ2n) is 4.35. The summed E-state index contributed by atoms with van der Waals surface area (Å²) in [6.45, 7) is 0.249. The van der Waals surface area contributed by atoms with E-state index in [0.717, 1.165) is 5.69 Å². The quantitative estimate of drug-likeness (QED) is 0.902. The molecule has 0 bridgehead atoms. The van der Waals surface area contributed by atoms with Crippen molar-refractivity contribution >= 4 is 21.6 Å². The van der Waals surface area contributed by atoms with Gasteiger partial charge in [0.2, 0.25) is 10.0 Å². The van der Waals surface area contributed by atoms with Crippen molar-refractivity contribution < 1.29 is 8.42 Å². The number of nitriles is 1. The number of hydrogen-bond donors (Lipinski definition) is 1. The lowest BCUT2D eigenvalue weighted by atomic mass is 10.2. The van der Waals surface area contributed by atoms with Crippen LogP contribution in [0.4, 0.5) is 0 Å². The van der Waals surface area contributed by atoms with Gasteiger partial charge < -0.3 is 0 Å². The fraction of sp³-hybridized carbons (Fsp3) is 0.231. The maximum absolute atomic E-state index is 12.1. The molecule has 1 N–H and O–H groups in total.